The molecule has 2 saturated heterocycles. The molecule has 0 spiro atoms. The van der Waals surface area contributed by atoms with Gasteiger partial charge in [0.2, 0.25) is 0 Å². The van der Waals surface area contributed by atoms with Gasteiger partial charge in [-0.1, -0.05) is 0 Å². The van der Waals surface area contributed by atoms with Crippen LogP contribution in [-0.4, -0.2) is 66.6 Å². The molecule has 2 aliphatic rings. The van der Waals surface area contributed by atoms with Gasteiger partial charge >= 0.3 is 12.0 Å². The number of carboxylic acid groups (broad SMARTS) is 1. The van der Waals surface area contributed by atoms with Crippen molar-refractivity contribution in [1.29, 1.82) is 0 Å². The zero-order valence-corrected chi connectivity index (χ0v) is 11.0. The summed E-state index contributed by atoms with van der Waals surface area (Å²) in [5, 5.41) is 11.6. The molecule has 0 bridgehead atoms. The molecule has 2 N–H and O–H groups in total. The lowest BCUT2D eigenvalue weighted by Crippen LogP contribution is -2.50. The van der Waals surface area contributed by atoms with Gasteiger partial charge in [-0.2, -0.15) is 0 Å². The van der Waals surface area contributed by atoms with E-state index in [1.807, 2.05) is 6.92 Å². The molecule has 2 aliphatic heterocycles. The number of urea groups is 1. The van der Waals surface area contributed by atoms with E-state index in [0.717, 1.165) is 0 Å². The predicted octanol–water partition coefficient (Wildman–Crippen LogP) is 0.0489. The van der Waals surface area contributed by atoms with Gasteiger partial charge in [0.05, 0.1) is 18.8 Å². The minimum Gasteiger partial charge on any atom is -0.479 e. The van der Waals surface area contributed by atoms with Crippen LogP contribution < -0.4 is 5.32 Å². The third-order valence-electron chi connectivity index (χ3n) is 3.39. The second-order valence-electron chi connectivity index (χ2n) is 4.98. The molecule has 19 heavy (non-hydrogen) atoms. The summed E-state index contributed by atoms with van der Waals surface area (Å²) in [7, 11) is 0. The van der Waals surface area contributed by atoms with Crippen LogP contribution in [0.3, 0.4) is 0 Å². The molecule has 2 heterocycles. The maximum Gasteiger partial charge on any atom is 0.332 e. The van der Waals surface area contributed by atoms with Crippen molar-refractivity contribution in [1.82, 2.24) is 10.2 Å². The number of morpholine rings is 1. The summed E-state index contributed by atoms with van der Waals surface area (Å²) in [5.74, 6) is -0.934. The normalized spacial score (nSPS) is 31.2. The monoisotopic (exact) mass is 272 g/mol. The average molecular weight is 272 g/mol. The third-order valence-corrected chi connectivity index (χ3v) is 3.39. The van der Waals surface area contributed by atoms with Crippen molar-refractivity contribution in [2.45, 2.75) is 38.1 Å². The van der Waals surface area contributed by atoms with E-state index in [1.165, 1.54) is 0 Å². The van der Waals surface area contributed by atoms with Gasteiger partial charge in [0.15, 0.2) is 6.10 Å². The molecule has 2 rings (SSSR count). The lowest BCUT2D eigenvalue weighted by atomic mass is 10.2. The van der Waals surface area contributed by atoms with Crippen molar-refractivity contribution >= 4 is 12.0 Å². The van der Waals surface area contributed by atoms with E-state index in [4.69, 9.17) is 14.6 Å². The number of hydrogen-bond donors (Lipinski definition) is 2. The van der Waals surface area contributed by atoms with E-state index < -0.39 is 12.1 Å². The van der Waals surface area contributed by atoms with E-state index in [1.54, 1.807) is 4.90 Å². The fourth-order valence-corrected chi connectivity index (χ4v) is 2.35. The standard InChI is InChI=1S/C12H20N2O5/c1-8-7-14(4-5-18-8)12(17)13-6-9-2-3-10(19-9)11(15)16/h8-10H,2-7H2,1H3,(H,13,17)(H,15,16). The van der Waals surface area contributed by atoms with Crippen molar-refractivity contribution in [2.75, 3.05) is 26.2 Å². The first kappa shape index (κ1) is 14.1. The topological polar surface area (TPSA) is 88.1 Å². The molecule has 3 unspecified atom stereocenters. The summed E-state index contributed by atoms with van der Waals surface area (Å²) in [6.45, 7) is 4.00. The molecule has 3 atom stereocenters. The van der Waals surface area contributed by atoms with E-state index in [9.17, 15) is 9.59 Å². The maximum atomic E-state index is 11.9. The molecular weight excluding hydrogens is 252 g/mol. The van der Waals surface area contributed by atoms with Crippen LogP contribution in [0, 0.1) is 0 Å². The Morgan fingerprint density at radius 2 is 2.21 bits per heavy atom. The minimum absolute atomic E-state index is 0.0543. The third kappa shape index (κ3) is 3.81. The number of nitrogens with zero attached hydrogens (tertiary/aromatic N) is 1. The molecule has 7 nitrogen and oxygen atoms in total. The van der Waals surface area contributed by atoms with Gasteiger partial charge < -0.3 is 24.8 Å². The van der Waals surface area contributed by atoms with Gasteiger partial charge in [0.25, 0.3) is 0 Å². The van der Waals surface area contributed by atoms with Gasteiger partial charge in [-0.15, -0.1) is 0 Å². The summed E-state index contributed by atoms with van der Waals surface area (Å²) in [4.78, 5) is 24.3. The number of aliphatic carboxylic acids is 1. The number of carboxylic acids is 1. The Morgan fingerprint density at radius 1 is 1.42 bits per heavy atom. The zero-order valence-electron chi connectivity index (χ0n) is 11.0. The van der Waals surface area contributed by atoms with E-state index in [0.29, 0.717) is 39.1 Å². The fourth-order valence-electron chi connectivity index (χ4n) is 2.35. The highest BCUT2D eigenvalue weighted by Crippen LogP contribution is 2.19. The first-order valence-corrected chi connectivity index (χ1v) is 6.59. The molecule has 0 aromatic rings. The Balaban J connectivity index is 1.70. The summed E-state index contributed by atoms with van der Waals surface area (Å²) in [6, 6.07) is -0.141. The molecule has 0 radical (unpaired) electrons. The second-order valence-corrected chi connectivity index (χ2v) is 4.98. The van der Waals surface area contributed by atoms with E-state index in [2.05, 4.69) is 5.32 Å². The first-order valence-electron chi connectivity index (χ1n) is 6.59. The minimum atomic E-state index is -0.934. The highest BCUT2D eigenvalue weighted by molar-refractivity contribution is 5.74. The molecule has 0 aromatic heterocycles. The van der Waals surface area contributed by atoms with E-state index in [-0.39, 0.29) is 18.2 Å². The number of nitrogens with one attached hydrogen (secondary N) is 1. The molecule has 2 amide bonds. The van der Waals surface area contributed by atoms with Crippen LogP contribution >= 0.6 is 0 Å². The van der Waals surface area contributed by atoms with Crippen molar-refractivity contribution < 1.29 is 24.2 Å². The van der Waals surface area contributed by atoms with Crippen molar-refractivity contribution in [3.63, 3.8) is 0 Å². The lowest BCUT2D eigenvalue weighted by molar-refractivity contribution is -0.149. The van der Waals surface area contributed by atoms with Crippen molar-refractivity contribution in [3.05, 3.63) is 0 Å². The van der Waals surface area contributed by atoms with E-state index >= 15 is 0 Å². The van der Waals surface area contributed by atoms with Crippen LogP contribution in [0.25, 0.3) is 0 Å². The quantitative estimate of drug-likeness (QED) is 0.758. The Kier molecular flexibility index (Phi) is 4.60. The molecule has 2 fully saturated rings. The predicted molar refractivity (Wildman–Crippen MR) is 65.9 cm³/mol. The highest BCUT2D eigenvalue weighted by Gasteiger charge is 2.31. The van der Waals surface area contributed by atoms with Gasteiger partial charge in [-0.3, -0.25) is 0 Å². The Hall–Kier alpha value is -1.34. The summed E-state index contributed by atoms with van der Waals surface area (Å²) >= 11 is 0. The number of rotatable bonds is 3. The Bertz CT molecular complexity index is 349. The zero-order chi connectivity index (χ0) is 13.8. The number of hydrogen-bond acceptors (Lipinski definition) is 4. The second kappa shape index (κ2) is 6.21. The highest BCUT2D eigenvalue weighted by atomic mass is 16.5. The van der Waals surface area contributed by atoms with Gasteiger partial charge in [-0.05, 0) is 19.8 Å². The molecule has 0 aromatic carbocycles. The SMILES string of the molecule is CC1CN(C(=O)NCC2CCC(C(=O)O)O2)CCO1. The molecule has 0 saturated carbocycles. The van der Waals surface area contributed by atoms with Crippen LogP contribution in [0.15, 0.2) is 0 Å². The molecule has 7 heteroatoms. The molecular formula is C12H20N2O5. The maximum absolute atomic E-state index is 11.9. The van der Waals surface area contributed by atoms with Crippen LogP contribution in [0.4, 0.5) is 4.79 Å². The van der Waals surface area contributed by atoms with Crippen LogP contribution in [-0.2, 0) is 14.3 Å². The van der Waals surface area contributed by atoms with Gasteiger partial charge in [0.1, 0.15) is 0 Å². The van der Waals surface area contributed by atoms with Crippen LogP contribution in [0.5, 0.6) is 0 Å². The van der Waals surface area contributed by atoms with Gasteiger partial charge in [-0.25, -0.2) is 9.59 Å². The van der Waals surface area contributed by atoms with Crippen molar-refractivity contribution in [3.8, 4) is 0 Å². The average Bonchev–Trinajstić information content (AvgIpc) is 2.85. The van der Waals surface area contributed by atoms with Crippen LogP contribution in [0.1, 0.15) is 19.8 Å². The van der Waals surface area contributed by atoms with Crippen molar-refractivity contribution in [2.24, 2.45) is 0 Å². The van der Waals surface area contributed by atoms with Crippen LogP contribution in [0.2, 0.25) is 0 Å². The van der Waals surface area contributed by atoms with Gasteiger partial charge in [0, 0.05) is 19.6 Å². The number of amides is 2. The number of ether oxygens (including phenoxy) is 2. The Labute approximate surface area is 111 Å². The largest absolute Gasteiger partial charge is 0.479 e. The Morgan fingerprint density at radius 3 is 2.84 bits per heavy atom. The lowest BCUT2D eigenvalue weighted by Gasteiger charge is -2.31. The fraction of sp³-hybridized carbons (Fsp3) is 0.833. The summed E-state index contributed by atoms with van der Waals surface area (Å²) in [5.41, 5.74) is 0. The number of carbonyl (C=O) groups is 2. The smallest absolute Gasteiger partial charge is 0.332 e. The number of carbonyl (C=O) groups excluding carboxylic acids is 1. The summed E-state index contributed by atoms with van der Waals surface area (Å²) < 4.78 is 10.7. The molecule has 108 valence electrons. The first-order chi connectivity index (χ1) is 9.06. The molecule has 0 aliphatic carbocycles. The summed E-state index contributed by atoms with van der Waals surface area (Å²) in [6.07, 6.45) is 0.286.